The van der Waals surface area contributed by atoms with Crippen molar-refractivity contribution >= 4 is 19.8 Å². The fourth-order valence-corrected chi connectivity index (χ4v) is 7.07. The predicted octanol–water partition coefficient (Wildman–Crippen LogP) is 11.3. The first-order valence-electron chi connectivity index (χ1n) is 22.6. The summed E-state index contributed by atoms with van der Waals surface area (Å²) in [6.07, 6.45) is 35.7. The molecule has 0 radical (unpaired) electrons. The molecule has 0 aliphatic rings. The smallest absolute Gasteiger partial charge is 0.466 e. The molecule has 1 aromatic heterocycles. The largest absolute Gasteiger partial charge is 0.472 e. The van der Waals surface area contributed by atoms with E-state index < -0.39 is 38.6 Å². The van der Waals surface area contributed by atoms with Crippen molar-refractivity contribution in [2.45, 2.75) is 188 Å². The zero-order chi connectivity index (χ0) is 43.4. The molecule has 4 N–H and O–H groups in total. The molecular weight excluding hydrogens is 769 g/mol. The third-order valence-electron chi connectivity index (χ3n) is 10.0. The standard InChI is InChI=1S/C47H80NO10P/c1-5-7-9-10-19-25-30-42(49)31-26-20-15-11-13-18-23-29-35-47(51)57-43(39-56-59(52,53)55-37-36-48)38-54-46(50)34-28-22-17-14-12-16-21-27-33-45-41(4)40(3)44(58-45)32-24-8-6-2/h13,15,18-20,25-26,31,42-43,49H,5-12,14,16-17,21-24,27-30,32-39,48H2,1-4H3,(H,52,53)/b18-13-,20-15-,25-19-,31-26+/t42-,43+/m0/s1. The fraction of sp³-hybridized carbons (Fsp3) is 0.702. The Hall–Kier alpha value is -2.79. The minimum Gasteiger partial charge on any atom is -0.466 e. The second-order valence-electron chi connectivity index (χ2n) is 15.3. The van der Waals surface area contributed by atoms with Gasteiger partial charge in [0.05, 0.1) is 19.3 Å². The van der Waals surface area contributed by atoms with Gasteiger partial charge in [0.15, 0.2) is 6.10 Å². The van der Waals surface area contributed by atoms with Gasteiger partial charge in [0.1, 0.15) is 18.1 Å². The number of phosphoric ester groups is 1. The van der Waals surface area contributed by atoms with E-state index in [9.17, 15) is 24.2 Å². The van der Waals surface area contributed by atoms with E-state index in [1.54, 1.807) is 6.08 Å². The summed E-state index contributed by atoms with van der Waals surface area (Å²) < 4.78 is 39.0. The van der Waals surface area contributed by atoms with Gasteiger partial charge >= 0.3 is 19.8 Å². The molecule has 12 heteroatoms. The molecule has 338 valence electrons. The van der Waals surface area contributed by atoms with Crippen LogP contribution in [0.4, 0.5) is 0 Å². The van der Waals surface area contributed by atoms with Crippen LogP contribution in [0.2, 0.25) is 0 Å². The maximum absolute atomic E-state index is 12.6. The Morgan fingerprint density at radius 3 is 1.98 bits per heavy atom. The topological polar surface area (TPSA) is 168 Å². The quantitative estimate of drug-likeness (QED) is 0.0190. The summed E-state index contributed by atoms with van der Waals surface area (Å²) >= 11 is 0. The zero-order valence-electron chi connectivity index (χ0n) is 37.1. The molecule has 1 heterocycles. The molecule has 0 saturated heterocycles. The van der Waals surface area contributed by atoms with Gasteiger partial charge in [0.25, 0.3) is 0 Å². The van der Waals surface area contributed by atoms with Crippen LogP contribution in [0.1, 0.15) is 171 Å². The Balaban J connectivity index is 2.32. The number of nitrogens with two attached hydrogens (primary N) is 1. The van der Waals surface area contributed by atoms with Gasteiger partial charge in [-0.3, -0.25) is 18.6 Å². The molecule has 0 aliphatic heterocycles. The van der Waals surface area contributed by atoms with E-state index >= 15 is 0 Å². The number of rotatable bonds is 38. The van der Waals surface area contributed by atoms with E-state index in [1.165, 1.54) is 68.3 Å². The second-order valence-corrected chi connectivity index (χ2v) is 16.8. The second kappa shape index (κ2) is 35.9. The number of allylic oxidation sites excluding steroid dienone is 6. The molecule has 0 spiro atoms. The number of hydrogen-bond donors (Lipinski definition) is 3. The van der Waals surface area contributed by atoms with E-state index in [0.29, 0.717) is 32.1 Å². The summed E-state index contributed by atoms with van der Waals surface area (Å²) in [4.78, 5) is 35.0. The van der Waals surface area contributed by atoms with Crippen LogP contribution in [0, 0.1) is 13.8 Å². The third kappa shape index (κ3) is 30.0. The third-order valence-corrected chi connectivity index (χ3v) is 11.0. The molecule has 0 bridgehead atoms. The SMILES string of the molecule is CCCCC/C=C\C[C@H](O)/C=C/C=C\C/C=C\CCCC(=O)O[C@H](COC(=O)CCCCCCCCCCc1oc(CCCCC)c(C)c1C)COP(=O)(O)OCCN. The first-order valence-corrected chi connectivity index (χ1v) is 24.1. The number of hydrogen-bond acceptors (Lipinski definition) is 10. The Bertz CT molecular complexity index is 1400. The predicted molar refractivity (Wildman–Crippen MR) is 238 cm³/mol. The monoisotopic (exact) mass is 850 g/mol. The fourth-order valence-electron chi connectivity index (χ4n) is 6.30. The lowest BCUT2D eigenvalue weighted by Crippen LogP contribution is -2.29. The van der Waals surface area contributed by atoms with Gasteiger partial charge in [-0.2, -0.15) is 0 Å². The van der Waals surface area contributed by atoms with Crippen molar-refractivity contribution in [3.63, 3.8) is 0 Å². The van der Waals surface area contributed by atoms with Crippen LogP contribution in [0.25, 0.3) is 0 Å². The molecule has 0 fully saturated rings. The first kappa shape index (κ1) is 54.2. The highest BCUT2D eigenvalue weighted by atomic mass is 31.2. The van der Waals surface area contributed by atoms with E-state index in [0.717, 1.165) is 57.1 Å². The molecule has 1 unspecified atom stereocenters. The number of aliphatic hydroxyl groups excluding tert-OH is 1. The maximum Gasteiger partial charge on any atom is 0.472 e. The van der Waals surface area contributed by atoms with Crippen LogP contribution >= 0.6 is 7.82 Å². The highest BCUT2D eigenvalue weighted by Crippen LogP contribution is 2.43. The zero-order valence-corrected chi connectivity index (χ0v) is 37.9. The number of aryl methyl sites for hydroxylation is 2. The summed E-state index contributed by atoms with van der Waals surface area (Å²) in [5, 5.41) is 10.0. The van der Waals surface area contributed by atoms with Crippen LogP contribution in [-0.4, -0.2) is 60.5 Å². The van der Waals surface area contributed by atoms with Crippen molar-refractivity contribution in [2.75, 3.05) is 26.4 Å². The van der Waals surface area contributed by atoms with Crippen LogP contribution < -0.4 is 5.73 Å². The molecule has 1 rings (SSSR count). The lowest BCUT2D eigenvalue weighted by atomic mass is 10.0. The van der Waals surface area contributed by atoms with Gasteiger partial charge < -0.3 is 29.6 Å². The molecule has 11 nitrogen and oxygen atoms in total. The van der Waals surface area contributed by atoms with Crippen molar-refractivity contribution < 1.29 is 47.1 Å². The van der Waals surface area contributed by atoms with Crippen LogP contribution in [0.3, 0.4) is 0 Å². The average Bonchev–Trinajstić information content (AvgIpc) is 3.48. The van der Waals surface area contributed by atoms with Crippen LogP contribution in [0.15, 0.2) is 53.0 Å². The molecule has 0 aromatic carbocycles. The highest BCUT2D eigenvalue weighted by Gasteiger charge is 2.26. The molecule has 0 aliphatic carbocycles. The highest BCUT2D eigenvalue weighted by molar-refractivity contribution is 7.47. The summed E-state index contributed by atoms with van der Waals surface area (Å²) in [6.45, 7) is 7.83. The normalized spacial score (nSPS) is 14.2. The Morgan fingerprint density at radius 2 is 1.31 bits per heavy atom. The Morgan fingerprint density at radius 1 is 0.712 bits per heavy atom. The van der Waals surface area contributed by atoms with Crippen LogP contribution in [0.5, 0.6) is 0 Å². The molecule has 0 saturated carbocycles. The van der Waals surface area contributed by atoms with E-state index in [2.05, 4.69) is 33.8 Å². The molecule has 0 amide bonds. The summed E-state index contributed by atoms with van der Waals surface area (Å²) in [5.74, 6) is 1.36. The van der Waals surface area contributed by atoms with Gasteiger partial charge in [-0.15, -0.1) is 0 Å². The number of unbranched alkanes of at least 4 members (excludes halogenated alkanes) is 13. The lowest BCUT2D eigenvalue weighted by Gasteiger charge is -2.19. The number of esters is 2. The van der Waals surface area contributed by atoms with Gasteiger partial charge in [0.2, 0.25) is 0 Å². The van der Waals surface area contributed by atoms with Crippen molar-refractivity contribution in [1.82, 2.24) is 0 Å². The van der Waals surface area contributed by atoms with Crippen molar-refractivity contribution in [1.29, 1.82) is 0 Å². The summed E-state index contributed by atoms with van der Waals surface area (Å²) in [7, 11) is -4.42. The average molecular weight is 850 g/mol. The minimum absolute atomic E-state index is 0.0270. The molecule has 1 aromatic rings. The minimum atomic E-state index is -4.42. The number of carbonyl (C=O) groups excluding carboxylic acids is 2. The molecule has 3 atom stereocenters. The van der Waals surface area contributed by atoms with E-state index in [4.69, 9.17) is 28.7 Å². The van der Waals surface area contributed by atoms with Crippen molar-refractivity contribution in [3.8, 4) is 0 Å². The van der Waals surface area contributed by atoms with E-state index in [-0.39, 0.29) is 32.6 Å². The molecule has 59 heavy (non-hydrogen) atoms. The van der Waals surface area contributed by atoms with Gasteiger partial charge in [-0.1, -0.05) is 127 Å². The lowest BCUT2D eigenvalue weighted by molar-refractivity contribution is -0.161. The summed E-state index contributed by atoms with van der Waals surface area (Å²) in [5.41, 5.74) is 7.99. The number of aliphatic hydroxyl groups is 1. The van der Waals surface area contributed by atoms with Crippen molar-refractivity contribution in [2.24, 2.45) is 5.73 Å². The number of ether oxygens (including phenoxy) is 2. The van der Waals surface area contributed by atoms with Gasteiger partial charge in [-0.25, -0.2) is 4.57 Å². The Kier molecular flexibility index (Phi) is 33.0. The molecular formula is C47H80NO10P. The van der Waals surface area contributed by atoms with Crippen LogP contribution in [-0.2, 0) is 45.5 Å². The van der Waals surface area contributed by atoms with Gasteiger partial charge in [-0.05, 0) is 82.8 Å². The Labute approximate surface area is 356 Å². The number of carbonyl (C=O) groups is 2. The number of phosphoric acid groups is 1. The first-order chi connectivity index (χ1) is 28.5. The maximum atomic E-state index is 12.6. The van der Waals surface area contributed by atoms with Crippen molar-refractivity contribution in [3.05, 3.63) is 71.3 Å². The van der Waals surface area contributed by atoms with E-state index in [1.807, 2.05) is 36.5 Å². The van der Waals surface area contributed by atoms with Gasteiger partial charge in [0, 0.05) is 32.2 Å². The summed E-state index contributed by atoms with van der Waals surface area (Å²) in [6, 6.07) is 0. The number of furan rings is 1.